The molecule has 0 amide bonds. The maximum Gasteiger partial charge on any atom is 0.180 e. The number of carbonyl (C=O) groups is 1. The molecule has 0 aliphatic heterocycles. The van der Waals surface area contributed by atoms with E-state index in [0.29, 0.717) is 12.3 Å². The molecule has 2 rings (SSSR count). The van der Waals surface area contributed by atoms with Gasteiger partial charge in [0.15, 0.2) is 5.78 Å². The highest BCUT2D eigenvalue weighted by Crippen LogP contribution is 2.32. The van der Waals surface area contributed by atoms with E-state index in [1.165, 1.54) is 11.1 Å². The molecular formula is C13H17NO2. The van der Waals surface area contributed by atoms with Gasteiger partial charge in [0, 0.05) is 0 Å². The number of carbonyl (C=O) groups excluding carboxylic acids is 1. The highest BCUT2D eigenvalue weighted by Gasteiger charge is 2.22. The zero-order chi connectivity index (χ0) is 11.5. The summed E-state index contributed by atoms with van der Waals surface area (Å²) in [6, 6.07) is 3.99. The third-order valence-electron chi connectivity index (χ3n) is 3.08. The molecule has 1 aliphatic carbocycles. The molecule has 3 nitrogen and oxygen atoms in total. The lowest BCUT2D eigenvalue weighted by Crippen LogP contribution is -2.20. The van der Waals surface area contributed by atoms with Crippen molar-refractivity contribution in [1.29, 1.82) is 0 Å². The van der Waals surface area contributed by atoms with Crippen LogP contribution >= 0.6 is 0 Å². The molecule has 0 atom stereocenters. The predicted molar refractivity (Wildman–Crippen MR) is 63.3 cm³/mol. The Morgan fingerprint density at radius 3 is 2.94 bits per heavy atom. The standard InChI is InChI=1S/C13H17NO2/c1-14-8-11(15)13-10-5-3-4-9(10)6-7-12(13)16-2/h6-7,14H,3-5,8H2,1-2H3. The molecule has 1 aliphatic rings. The average molecular weight is 219 g/mol. The molecule has 0 aromatic heterocycles. The minimum absolute atomic E-state index is 0.123. The van der Waals surface area contributed by atoms with E-state index >= 15 is 0 Å². The second-order valence-corrected chi connectivity index (χ2v) is 4.09. The van der Waals surface area contributed by atoms with Crippen LogP contribution in [0.1, 0.15) is 27.9 Å². The van der Waals surface area contributed by atoms with E-state index in [1.807, 2.05) is 6.07 Å². The SMILES string of the molecule is CNCC(=O)c1c(OC)ccc2c1CCC2. The molecule has 1 N–H and O–H groups in total. The number of ketones is 1. The number of aryl methyl sites for hydroxylation is 1. The molecule has 0 unspecified atom stereocenters. The van der Waals surface area contributed by atoms with Crippen LogP contribution in [0.5, 0.6) is 5.75 Å². The molecule has 1 aromatic rings. The first-order valence-electron chi connectivity index (χ1n) is 5.64. The average Bonchev–Trinajstić information content (AvgIpc) is 2.75. The molecule has 0 bridgehead atoms. The number of nitrogens with one attached hydrogen (secondary N) is 1. The minimum atomic E-state index is 0.123. The monoisotopic (exact) mass is 219 g/mol. The Labute approximate surface area is 95.8 Å². The molecule has 16 heavy (non-hydrogen) atoms. The maximum absolute atomic E-state index is 12.0. The Bertz CT molecular complexity index is 413. The van der Waals surface area contributed by atoms with Crippen molar-refractivity contribution < 1.29 is 9.53 Å². The number of fused-ring (bicyclic) bond motifs is 1. The zero-order valence-electron chi connectivity index (χ0n) is 9.80. The van der Waals surface area contributed by atoms with E-state index in [2.05, 4.69) is 11.4 Å². The Hall–Kier alpha value is -1.35. The number of benzene rings is 1. The van der Waals surface area contributed by atoms with E-state index in [-0.39, 0.29) is 5.78 Å². The smallest absolute Gasteiger partial charge is 0.180 e. The first-order chi connectivity index (χ1) is 7.77. The third-order valence-corrected chi connectivity index (χ3v) is 3.08. The number of hydrogen-bond donors (Lipinski definition) is 1. The number of rotatable bonds is 4. The van der Waals surface area contributed by atoms with Crippen molar-refractivity contribution in [1.82, 2.24) is 5.32 Å². The van der Waals surface area contributed by atoms with Gasteiger partial charge in [0.2, 0.25) is 0 Å². The molecule has 1 aromatic carbocycles. The van der Waals surface area contributed by atoms with Crippen LogP contribution in [0.15, 0.2) is 12.1 Å². The van der Waals surface area contributed by atoms with Crippen LogP contribution < -0.4 is 10.1 Å². The topological polar surface area (TPSA) is 38.3 Å². The molecule has 3 heteroatoms. The number of hydrogen-bond acceptors (Lipinski definition) is 3. The minimum Gasteiger partial charge on any atom is -0.496 e. The second kappa shape index (κ2) is 4.66. The van der Waals surface area contributed by atoms with Gasteiger partial charge in [-0.05, 0) is 43.5 Å². The van der Waals surface area contributed by atoms with Gasteiger partial charge in [-0.3, -0.25) is 4.79 Å². The molecule has 0 fully saturated rings. The Morgan fingerprint density at radius 2 is 2.25 bits per heavy atom. The summed E-state index contributed by atoms with van der Waals surface area (Å²) in [6.07, 6.45) is 3.22. The molecular weight excluding hydrogens is 202 g/mol. The summed E-state index contributed by atoms with van der Waals surface area (Å²) < 4.78 is 5.29. The lowest BCUT2D eigenvalue weighted by molar-refractivity contribution is 0.0990. The van der Waals surface area contributed by atoms with Gasteiger partial charge in [0.1, 0.15) is 5.75 Å². The van der Waals surface area contributed by atoms with Gasteiger partial charge in [0.05, 0.1) is 19.2 Å². The summed E-state index contributed by atoms with van der Waals surface area (Å²) in [4.78, 5) is 12.0. The lowest BCUT2D eigenvalue weighted by atomic mass is 9.98. The maximum atomic E-state index is 12.0. The first kappa shape index (κ1) is 11.1. The summed E-state index contributed by atoms with van der Waals surface area (Å²) in [5.41, 5.74) is 3.28. The summed E-state index contributed by atoms with van der Waals surface area (Å²) in [6.45, 7) is 0.368. The normalized spacial score (nSPS) is 13.6. The summed E-state index contributed by atoms with van der Waals surface area (Å²) in [5.74, 6) is 0.832. The fourth-order valence-corrected chi connectivity index (χ4v) is 2.37. The van der Waals surface area contributed by atoms with Crippen LogP contribution in [0.2, 0.25) is 0 Å². The highest BCUT2D eigenvalue weighted by molar-refractivity contribution is 6.02. The lowest BCUT2D eigenvalue weighted by Gasteiger charge is -2.12. The summed E-state index contributed by atoms with van der Waals surface area (Å²) >= 11 is 0. The van der Waals surface area contributed by atoms with Crippen molar-refractivity contribution in [2.45, 2.75) is 19.3 Å². The Morgan fingerprint density at radius 1 is 1.44 bits per heavy atom. The van der Waals surface area contributed by atoms with Crippen molar-refractivity contribution in [3.63, 3.8) is 0 Å². The fraction of sp³-hybridized carbons (Fsp3) is 0.462. The largest absolute Gasteiger partial charge is 0.496 e. The van der Waals surface area contributed by atoms with E-state index in [4.69, 9.17) is 4.74 Å². The molecule has 86 valence electrons. The van der Waals surface area contributed by atoms with Crippen LogP contribution in [0.4, 0.5) is 0 Å². The van der Waals surface area contributed by atoms with Gasteiger partial charge in [0.25, 0.3) is 0 Å². The highest BCUT2D eigenvalue weighted by atomic mass is 16.5. The van der Waals surface area contributed by atoms with E-state index in [1.54, 1.807) is 14.2 Å². The third kappa shape index (κ3) is 1.83. The van der Waals surface area contributed by atoms with E-state index < -0.39 is 0 Å². The van der Waals surface area contributed by atoms with Crippen molar-refractivity contribution in [2.75, 3.05) is 20.7 Å². The number of ether oxygens (including phenoxy) is 1. The quantitative estimate of drug-likeness (QED) is 0.781. The van der Waals surface area contributed by atoms with Crippen molar-refractivity contribution in [2.24, 2.45) is 0 Å². The van der Waals surface area contributed by atoms with E-state index in [0.717, 1.165) is 24.8 Å². The fourth-order valence-electron chi connectivity index (χ4n) is 2.37. The van der Waals surface area contributed by atoms with Crippen LogP contribution in [-0.2, 0) is 12.8 Å². The zero-order valence-corrected chi connectivity index (χ0v) is 9.80. The van der Waals surface area contributed by atoms with Crippen LogP contribution in [0.3, 0.4) is 0 Å². The van der Waals surface area contributed by atoms with Gasteiger partial charge in [-0.2, -0.15) is 0 Å². The number of methoxy groups -OCH3 is 1. The predicted octanol–water partition coefficient (Wildman–Crippen LogP) is 1.59. The van der Waals surface area contributed by atoms with Gasteiger partial charge in [-0.1, -0.05) is 6.07 Å². The Kier molecular flexibility index (Phi) is 3.25. The molecule has 0 heterocycles. The summed E-state index contributed by atoms with van der Waals surface area (Å²) in [5, 5.41) is 2.90. The van der Waals surface area contributed by atoms with Crippen LogP contribution in [0.25, 0.3) is 0 Å². The van der Waals surface area contributed by atoms with Gasteiger partial charge in [-0.25, -0.2) is 0 Å². The molecule has 0 radical (unpaired) electrons. The first-order valence-corrected chi connectivity index (χ1v) is 5.64. The number of Topliss-reactive ketones (excluding diaryl/α,β-unsaturated/α-hetero) is 1. The van der Waals surface area contributed by atoms with Crippen molar-refractivity contribution >= 4 is 5.78 Å². The van der Waals surface area contributed by atoms with Gasteiger partial charge >= 0.3 is 0 Å². The van der Waals surface area contributed by atoms with Crippen molar-refractivity contribution in [3.05, 3.63) is 28.8 Å². The summed E-state index contributed by atoms with van der Waals surface area (Å²) in [7, 11) is 3.40. The Balaban J connectivity index is 2.47. The molecule has 0 saturated heterocycles. The van der Waals surface area contributed by atoms with Gasteiger partial charge < -0.3 is 10.1 Å². The molecule has 0 spiro atoms. The second-order valence-electron chi connectivity index (χ2n) is 4.09. The van der Waals surface area contributed by atoms with Crippen molar-refractivity contribution in [3.8, 4) is 5.75 Å². The van der Waals surface area contributed by atoms with Gasteiger partial charge in [-0.15, -0.1) is 0 Å². The van der Waals surface area contributed by atoms with E-state index in [9.17, 15) is 4.79 Å². The number of likely N-dealkylation sites (N-methyl/N-ethyl adjacent to an activating group) is 1. The van der Waals surface area contributed by atoms with Crippen LogP contribution in [-0.4, -0.2) is 26.5 Å². The molecule has 0 saturated carbocycles. The van der Waals surface area contributed by atoms with Crippen LogP contribution in [0, 0.1) is 0 Å².